The van der Waals surface area contributed by atoms with E-state index in [4.69, 9.17) is 24.7 Å². The number of methoxy groups -OCH3 is 1. The number of amides is 1. The predicted molar refractivity (Wildman–Crippen MR) is 150 cm³/mol. The van der Waals surface area contributed by atoms with E-state index in [1.54, 1.807) is 0 Å². The molecule has 1 aliphatic rings. The van der Waals surface area contributed by atoms with Crippen molar-refractivity contribution in [2.24, 2.45) is 5.92 Å². The van der Waals surface area contributed by atoms with Crippen LogP contribution in [0.4, 0.5) is 5.69 Å². The van der Waals surface area contributed by atoms with Crippen molar-refractivity contribution >= 4 is 17.6 Å². The Morgan fingerprint density at radius 2 is 1.79 bits per heavy atom. The highest BCUT2D eigenvalue weighted by molar-refractivity contribution is 5.84. The van der Waals surface area contributed by atoms with E-state index < -0.39 is 17.6 Å². The van der Waals surface area contributed by atoms with Gasteiger partial charge in [-0.15, -0.1) is 0 Å². The molecule has 0 aliphatic carbocycles. The molecule has 0 aromatic heterocycles. The third-order valence-corrected chi connectivity index (χ3v) is 6.67. The van der Waals surface area contributed by atoms with Crippen molar-refractivity contribution in [3.8, 4) is 11.5 Å². The quantitative estimate of drug-likeness (QED) is 0.255. The lowest BCUT2D eigenvalue weighted by Crippen LogP contribution is -2.46. The van der Waals surface area contributed by atoms with Crippen LogP contribution in [0.25, 0.3) is 0 Å². The van der Waals surface area contributed by atoms with Crippen LogP contribution in [0.2, 0.25) is 0 Å². The van der Waals surface area contributed by atoms with Crippen LogP contribution >= 0.6 is 0 Å². The van der Waals surface area contributed by atoms with Crippen LogP contribution < -0.4 is 21.1 Å². The first-order valence-corrected chi connectivity index (χ1v) is 13.6. The first kappa shape index (κ1) is 30.4. The molecule has 4 N–H and O–H groups in total. The van der Waals surface area contributed by atoms with Crippen molar-refractivity contribution in [3.63, 3.8) is 0 Å². The minimum atomic E-state index is -0.858. The number of hydrogen-bond donors (Lipinski definition) is 3. The van der Waals surface area contributed by atoms with Crippen molar-refractivity contribution < 1.29 is 28.5 Å². The van der Waals surface area contributed by atoms with E-state index in [9.17, 15) is 9.59 Å². The summed E-state index contributed by atoms with van der Waals surface area (Å²) in [4.78, 5) is 25.1. The molecular formula is C30H43N3O6. The average molecular weight is 542 g/mol. The van der Waals surface area contributed by atoms with Gasteiger partial charge in [-0.25, -0.2) is 4.79 Å². The van der Waals surface area contributed by atoms with Gasteiger partial charge in [0.1, 0.15) is 11.5 Å². The second-order valence-corrected chi connectivity index (χ2v) is 10.8. The fraction of sp³-hybridized carbons (Fsp3) is 0.533. The largest absolute Gasteiger partial charge is 0.467 e. The summed E-state index contributed by atoms with van der Waals surface area (Å²) in [5.41, 5.74) is 7.44. The van der Waals surface area contributed by atoms with E-state index in [0.29, 0.717) is 43.5 Å². The van der Waals surface area contributed by atoms with Crippen molar-refractivity contribution in [3.05, 3.63) is 54.1 Å². The lowest BCUT2D eigenvalue weighted by molar-refractivity contribution is -0.148. The fourth-order valence-corrected chi connectivity index (χ4v) is 4.48. The Morgan fingerprint density at radius 3 is 2.46 bits per heavy atom. The highest BCUT2D eigenvalue weighted by atomic mass is 16.5. The number of nitrogen functional groups attached to an aromatic ring is 1. The summed E-state index contributed by atoms with van der Waals surface area (Å²) in [6.07, 6.45) is 2.68. The maximum absolute atomic E-state index is 12.9. The Balaban J connectivity index is 1.62. The van der Waals surface area contributed by atoms with Crippen molar-refractivity contribution in [2.75, 3.05) is 32.7 Å². The number of ether oxygens (including phenoxy) is 4. The number of hydrogen-bond acceptors (Lipinski definition) is 8. The maximum Gasteiger partial charge on any atom is 0.330 e. The highest BCUT2D eigenvalue weighted by Gasteiger charge is 2.27. The van der Waals surface area contributed by atoms with Crippen molar-refractivity contribution in [1.29, 1.82) is 0 Å². The summed E-state index contributed by atoms with van der Waals surface area (Å²) in [5, 5.41) is 6.42. The number of nitrogens with two attached hydrogens (primary N) is 1. The number of rotatable bonds is 13. The van der Waals surface area contributed by atoms with E-state index in [1.165, 1.54) is 7.11 Å². The Labute approximate surface area is 231 Å². The summed E-state index contributed by atoms with van der Waals surface area (Å²) < 4.78 is 22.1. The van der Waals surface area contributed by atoms with Crippen LogP contribution in [-0.2, 0) is 30.3 Å². The Hall–Kier alpha value is -3.14. The number of carbonyl (C=O) groups excluding carboxylic acids is 2. The number of benzene rings is 2. The molecule has 9 nitrogen and oxygen atoms in total. The number of esters is 1. The van der Waals surface area contributed by atoms with Gasteiger partial charge < -0.3 is 35.3 Å². The summed E-state index contributed by atoms with van der Waals surface area (Å²) in [6, 6.07) is 14.5. The lowest BCUT2D eigenvalue weighted by Gasteiger charge is -2.31. The van der Waals surface area contributed by atoms with Gasteiger partial charge in [-0.1, -0.05) is 18.2 Å². The van der Waals surface area contributed by atoms with Crippen LogP contribution in [0.5, 0.6) is 11.5 Å². The van der Waals surface area contributed by atoms with Gasteiger partial charge in [-0.3, -0.25) is 4.79 Å². The van der Waals surface area contributed by atoms with Gasteiger partial charge in [0.25, 0.3) is 0 Å². The van der Waals surface area contributed by atoms with E-state index in [1.807, 2.05) is 69.3 Å². The van der Waals surface area contributed by atoms with Gasteiger partial charge in [0.15, 0.2) is 6.04 Å². The van der Waals surface area contributed by atoms with E-state index >= 15 is 0 Å². The van der Waals surface area contributed by atoms with Crippen LogP contribution in [0, 0.1) is 5.92 Å². The topological polar surface area (TPSA) is 121 Å². The Bertz CT molecular complexity index is 1050. The molecule has 214 valence electrons. The Kier molecular flexibility index (Phi) is 11.6. The van der Waals surface area contributed by atoms with Crippen LogP contribution in [0.15, 0.2) is 48.5 Å². The molecule has 2 aromatic rings. The van der Waals surface area contributed by atoms with E-state index in [2.05, 4.69) is 10.6 Å². The van der Waals surface area contributed by atoms with Gasteiger partial charge in [0, 0.05) is 37.9 Å². The molecule has 1 amide bonds. The smallest absolute Gasteiger partial charge is 0.330 e. The van der Waals surface area contributed by atoms with Gasteiger partial charge in [-0.05, 0) is 81.8 Å². The normalized spacial score (nSPS) is 15.8. The zero-order valence-corrected chi connectivity index (χ0v) is 23.5. The molecule has 1 heterocycles. The monoisotopic (exact) mass is 541 g/mol. The molecule has 39 heavy (non-hydrogen) atoms. The summed E-state index contributed by atoms with van der Waals surface area (Å²) in [6.45, 7) is 7.66. The summed E-state index contributed by atoms with van der Waals surface area (Å²) in [7, 11) is 1.30. The number of para-hydroxylation sites is 1. The van der Waals surface area contributed by atoms with Crippen LogP contribution in [-0.4, -0.2) is 56.5 Å². The van der Waals surface area contributed by atoms with Gasteiger partial charge >= 0.3 is 5.97 Å². The molecule has 0 saturated carbocycles. The SMILES string of the molecule is COC(=O)C(COC(C)(C)C)NC(=O)CC[C@H](NCc1cc(Oc2ccccc2)ccc1N)C1CCOCC1. The molecule has 1 saturated heterocycles. The van der Waals surface area contributed by atoms with Crippen molar-refractivity contribution in [1.82, 2.24) is 10.6 Å². The van der Waals surface area contributed by atoms with Gasteiger partial charge in [0.05, 0.1) is 19.3 Å². The fourth-order valence-electron chi connectivity index (χ4n) is 4.48. The second kappa shape index (κ2) is 14.9. The summed E-state index contributed by atoms with van der Waals surface area (Å²) in [5.74, 6) is 1.07. The van der Waals surface area contributed by atoms with E-state index in [0.717, 1.165) is 24.2 Å². The molecule has 1 aliphatic heterocycles. The zero-order chi connectivity index (χ0) is 28.3. The first-order valence-electron chi connectivity index (χ1n) is 13.6. The zero-order valence-electron chi connectivity index (χ0n) is 23.5. The lowest BCUT2D eigenvalue weighted by atomic mass is 9.88. The van der Waals surface area contributed by atoms with Gasteiger partial charge in [0.2, 0.25) is 5.91 Å². The first-order chi connectivity index (χ1) is 18.6. The molecule has 1 unspecified atom stereocenters. The molecule has 2 aromatic carbocycles. The molecule has 3 rings (SSSR count). The number of nitrogens with one attached hydrogen (secondary N) is 2. The van der Waals surface area contributed by atoms with Crippen LogP contribution in [0.3, 0.4) is 0 Å². The standard InChI is InChI=1S/C30H43N3O6/c1-30(2,3)38-20-27(29(35)36-4)33-28(34)13-12-26(21-14-16-37-17-15-21)32-19-22-18-24(10-11-25(22)31)39-23-8-6-5-7-9-23/h5-11,18,21,26-27,32H,12-17,19-20,31H2,1-4H3,(H,33,34)/t26-,27?/m0/s1. The third kappa shape index (κ3) is 10.5. The highest BCUT2D eigenvalue weighted by Crippen LogP contribution is 2.27. The van der Waals surface area contributed by atoms with Crippen LogP contribution in [0.1, 0.15) is 52.0 Å². The second-order valence-electron chi connectivity index (χ2n) is 10.8. The minimum absolute atomic E-state index is 0.0459. The van der Waals surface area contributed by atoms with Gasteiger partial charge in [-0.2, -0.15) is 0 Å². The van der Waals surface area contributed by atoms with Crippen molar-refractivity contribution in [2.45, 2.75) is 70.7 Å². The third-order valence-electron chi connectivity index (χ3n) is 6.67. The maximum atomic E-state index is 12.9. The molecular weight excluding hydrogens is 498 g/mol. The number of carbonyl (C=O) groups is 2. The Morgan fingerprint density at radius 1 is 1.08 bits per heavy atom. The summed E-state index contributed by atoms with van der Waals surface area (Å²) >= 11 is 0. The predicted octanol–water partition coefficient (Wildman–Crippen LogP) is 4.20. The molecule has 0 spiro atoms. The molecule has 9 heteroatoms. The van der Waals surface area contributed by atoms with E-state index in [-0.39, 0.29) is 25.0 Å². The average Bonchev–Trinajstić information content (AvgIpc) is 2.92. The minimum Gasteiger partial charge on any atom is -0.467 e. The number of anilines is 1. The molecule has 1 fully saturated rings. The molecule has 0 bridgehead atoms. The molecule has 0 radical (unpaired) electrons. The molecule has 2 atom stereocenters.